The maximum Gasteiger partial charge on any atom is 0.149 e. The van der Waals surface area contributed by atoms with Gasteiger partial charge in [0.2, 0.25) is 0 Å². The third kappa shape index (κ3) is 3.68. The summed E-state index contributed by atoms with van der Waals surface area (Å²) in [6.45, 7) is 8.55. The normalized spacial score (nSPS) is 15.7. The highest BCUT2D eigenvalue weighted by atomic mass is 19.1. The lowest BCUT2D eigenvalue weighted by molar-refractivity contribution is 0.199. The number of benzene rings is 1. The van der Waals surface area contributed by atoms with Gasteiger partial charge in [0.05, 0.1) is 17.9 Å². The monoisotopic (exact) mass is 433 g/mol. The molecule has 1 N–H and O–H groups in total. The number of piperidine rings is 1. The van der Waals surface area contributed by atoms with Crippen LogP contribution in [0.15, 0.2) is 24.3 Å². The summed E-state index contributed by atoms with van der Waals surface area (Å²) in [6, 6.07) is 7.21. The van der Waals surface area contributed by atoms with Gasteiger partial charge in [-0.05, 0) is 58.8 Å². The molecule has 0 spiro atoms. The summed E-state index contributed by atoms with van der Waals surface area (Å²) in [5, 5.41) is 13.1. The molecule has 1 aliphatic heterocycles. The molecule has 1 aromatic carbocycles. The first-order valence-electron chi connectivity index (χ1n) is 11.1. The molecule has 4 aromatic rings. The number of para-hydroxylation sites is 1. The predicted molar refractivity (Wildman–Crippen MR) is 122 cm³/mol. The van der Waals surface area contributed by atoms with E-state index in [0.717, 1.165) is 59.7 Å². The lowest BCUT2D eigenvalue weighted by atomic mass is 9.93. The number of halogens is 1. The zero-order valence-electron chi connectivity index (χ0n) is 19.0. The van der Waals surface area contributed by atoms with Crippen molar-refractivity contribution in [1.82, 2.24) is 34.8 Å². The number of fused-ring (bicyclic) bond motifs is 1. The summed E-state index contributed by atoms with van der Waals surface area (Å²) >= 11 is 0. The van der Waals surface area contributed by atoms with E-state index in [2.05, 4.69) is 43.2 Å². The van der Waals surface area contributed by atoms with E-state index in [1.807, 2.05) is 31.6 Å². The van der Waals surface area contributed by atoms with Crippen LogP contribution in [0.2, 0.25) is 0 Å². The number of hydrogen-bond acceptors (Lipinski definition) is 5. The van der Waals surface area contributed by atoms with Crippen LogP contribution in [0.1, 0.15) is 47.4 Å². The van der Waals surface area contributed by atoms with Gasteiger partial charge in [0.25, 0.3) is 0 Å². The third-order valence-corrected chi connectivity index (χ3v) is 6.67. The molecule has 1 aliphatic rings. The van der Waals surface area contributed by atoms with Crippen LogP contribution in [0.4, 0.5) is 4.39 Å². The number of rotatable bonds is 4. The zero-order chi connectivity index (χ0) is 22.4. The quantitative estimate of drug-likeness (QED) is 0.522. The molecule has 0 aliphatic carbocycles. The lowest BCUT2D eigenvalue weighted by Gasteiger charge is -2.30. The van der Waals surface area contributed by atoms with E-state index >= 15 is 0 Å². The first-order valence-corrected chi connectivity index (χ1v) is 11.1. The molecule has 0 bridgehead atoms. The highest BCUT2D eigenvalue weighted by Crippen LogP contribution is 2.32. The summed E-state index contributed by atoms with van der Waals surface area (Å²) in [7, 11) is 1.96. The molecule has 0 unspecified atom stereocenters. The van der Waals surface area contributed by atoms with Gasteiger partial charge in [-0.3, -0.25) is 14.7 Å². The molecule has 5 rings (SSSR count). The van der Waals surface area contributed by atoms with Crippen molar-refractivity contribution in [2.75, 3.05) is 13.1 Å². The number of aromatic nitrogens is 6. The van der Waals surface area contributed by atoms with Crippen molar-refractivity contribution in [3.8, 4) is 11.3 Å². The van der Waals surface area contributed by atoms with E-state index in [1.54, 1.807) is 6.07 Å². The van der Waals surface area contributed by atoms with Gasteiger partial charge in [-0.2, -0.15) is 10.2 Å². The summed E-state index contributed by atoms with van der Waals surface area (Å²) < 4.78 is 16.1. The minimum absolute atomic E-state index is 0.290. The van der Waals surface area contributed by atoms with Crippen LogP contribution in [0.5, 0.6) is 0 Å². The summed E-state index contributed by atoms with van der Waals surface area (Å²) in [5.74, 6) is 0.841. The standard InChI is InChI=1S/C24H28FN7/c1-14-18-6-5-7-19(25)24(18)27-22(26-14)13-32-10-8-17(9-11-32)20-12-21(29-28-20)23-15(2)30-31(4)16(23)3/h5-7,12,17H,8-11,13H2,1-4H3,(H,28,29). The largest absolute Gasteiger partial charge is 0.296 e. The van der Waals surface area contributed by atoms with E-state index in [-0.39, 0.29) is 5.82 Å². The molecular formula is C24H28FN7. The summed E-state index contributed by atoms with van der Waals surface area (Å²) in [6.07, 6.45) is 2.07. The number of aromatic amines is 1. The Bertz CT molecular complexity index is 1280. The number of H-pyrrole nitrogens is 1. The molecule has 0 amide bonds. The van der Waals surface area contributed by atoms with Crippen LogP contribution in [0.3, 0.4) is 0 Å². The highest BCUT2D eigenvalue weighted by Gasteiger charge is 2.24. The molecule has 8 heteroatoms. The Morgan fingerprint density at radius 2 is 1.88 bits per heavy atom. The van der Waals surface area contributed by atoms with Crippen molar-refractivity contribution in [2.45, 2.75) is 46.1 Å². The first kappa shape index (κ1) is 20.8. The van der Waals surface area contributed by atoms with Crippen molar-refractivity contribution < 1.29 is 4.39 Å². The van der Waals surface area contributed by atoms with Crippen LogP contribution in [-0.2, 0) is 13.6 Å². The average molecular weight is 434 g/mol. The van der Waals surface area contributed by atoms with Gasteiger partial charge in [-0.25, -0.2) is 14.4 Å². The third-order valence-electron chi connectivity index (χ3n) is 6.67. The maximum absolute atomic E-state index is 14.2. The minimum atomic E-state index is -0.290. The second-order valence-electron chi connectivity index (χ2n) is 8.79. The Hall–Kier alpha value is -3.13. The predicted octanol–water partition coefficient (Wildman–Crippen LogP) is 4.20. The van der Waals surface area contributed by atoms with Gasteiger partial charge in [0.1, 0.15) is 17.2 Å². The number of hydrogen-bond donors (Lipinski definition) is 1. The van der Waals surface area contributed by atoms with Gasteiger partial charge in [-0.15, -0.1) is 0 Å². The van der Waals surface area contributed by atoms with E-state index in [9.17, 15) is 4.39 Å². The molecular weight excluding hydrogens is 405 g/mol. The van der Waals surface area contributed by atoms with Crippen LogP contribution < -0.4 is 0 Å². The van der Waals surface area contributed by atoms with Gasteiger partial charge >= 0.3 is 0 Å². The van der Waals surface area contributed by atoms with Crippen molar-refractivity contribution in [3.63, 3.8) is 0 Å². The molecule has 1 fully saturated rings. The maximum atomic E-state index is 14.2. The first-order chi connectivity index (χ1) is 15.4. The van der Waals surface area contributed by atoms with Crippen LogP contribution in [0.25, 0.3) is 22.2 Å². The van der Waals surface area contributed by atoms with Crippen molar-refractivity contribution in [1.29, 1.82) is 0 Å². The van der Waals surface area contributed by atoms with E-state index in [4.69, 9.17) is 0 Å². The van der Waals surface area contributed by atoms with E-state index < -0.39 is 0 Å². The Labute approximate surface area is 186 Å². The van der Waals surface area contributed by atoms with Crippen LogP contribution in [-0.4, -0.2) is 47.9 Å². The fourth-order valence-electron chi connectivity index (χ4n) is 4.82. The highest BCUT2D eigenvalue weighted by molar-refractivity contribution is 5.81. The Morgan fingerprint density at radius 1 is 1.09 bits per heavy atom. The van der Waals surface area contributed by atoms with Crippen LogP contribution in [0, 0.1) is 26.6 Å². The van der Waals surface area contributed by atoms with Gasteiger partial charge in [0.15, 0.2) is 0 Å². The second-order valence-corrected chi connectivity index (χ2v) is 8.79. The van der Waals surface area contributed by atoms with E-state index in [1.165, 1.54) is 11.8 Å². The number of likely N-dealkylation sites (tertiary alicyclic amines) is 1. The van der Waals surface area contributed by atoms with Gasteiger partial charge in [0, 0.05) is 41.0 Å². The lowest BCUT2D eigenvalue weighted by Crippen LogP contribution is -2.33. The number of aryl methyl sites for hydroxylation is 3. The minimum Gasteiger partial charge on any atom is -0.296 e. The number of nitrogens with zero attached hydrogens (tertiary/aromatic N) is 6. The van der Waals surface area contributed by atoms with Crippen molar-refractivity contribution >= 4 is 10.9 Å². The Balaban J connectivity index is 1.27. The molecule has 166 valence electrons. The molecule has 0 saturated carbocycles. The van der Waals surface area contributed by atoms with Crippen molar-refractivity contribution in [2.24, 2.45) is 7.05 Å². The van der Waals surface area contributed by atoms with Crippen molar-refractivity contribution in [3.05, 3.63) is 58.7 Å². The van der Waals surface area contributed by atoms with E-state index in [0.29, 0.717) is 23.8 Å². The Kier molecular flexibility index (Phi) is 5.25. The summed E-state index contributed by atoms with van der Waals surface area (Å²) in [5.41, 5.74) is 6.62. The SMILES string of the molecule is Cc1nn(C)c(C)c1-c1cc(C2CCN(Cc3nc(C)c4cccc(F)c4n3)CC2)[nH]n1. The second kappa shape index (κ2) is 8.09. The fraction of sp³-hybridized carbons (Fsp3) is 0.417. The van der Waals surface area contributed by atoms with Gasteiger partial charge < -0.3 is 0 Å². The smallest absolute Gasteiger partial charge is 0.149 e. The summed E-state index contributed by atoms with van der Waals surface area (Å²) in [4.78, 5) is 11.5. The number of nitrogens with one attached hydrogen (secondary N) is 1. The zero-order valence-corrected chi connectivity index (χ0v) is 19.0. The molecule has 4 heterocycles. The molecule has 32 heavy (non-hydrogen) atoms. The molecule has 0 radical (unpaired) electrons. The van der Waals surface area contributed by atoms with Crippen LogP contribution >= 0.6 is 0 Å². The molecule has 0 atom stereocenters. The topological polar surface area (TPSA) is 75.5 Å². The molecule has 3 aromatic heterocycles. The Morgan fingerprint density at radius 3 is 2.59 bits per heavy atom. The molecule has 7 nitrogen and oxygen atoms in total. The fourth-order valence-corrected chi connectivity index (χ4v) is 4.82. The molecule has 1 saturated heterocycles. The van der Waals surface area contributed by atoms with Gasteiger partial charge in [-0.1, -0.05) is 12.1 Å². The average Bonchev–Trinajstić information content (AvgIpc) is 3.34.